The predicted octanol–water partition coefficient (Wildman–Crippen LogP) is -0.195. The van der Waals surface area contributed by atoms with Crippen molar-refractivity contribution in [2.75, 3.05) is 0 Å². The summed E-state index contributed by atoms with van der Waals surface area (Å²) in [5, 5.41) is 19.3. The van der Waals surface area contributed by atoms with E-state index in [2.05, 4.69) is 0 Å². The summed E-state index contributed by atoms with van der Waals surface area (Å²) >= 11 is 0. The minimum absolute atomic E-state index is 0.0991. The molecule has 2 unspecified atom stereocenters. The van der Waals surface area contributed by atoms with Crippen LogP contribution in [0.5, 0.6) is 11.5 Å². The molecule has 1 heterocycles. The maximum atomic E-state index is 11.7. The van der Waals surface area contributed by atoms with E-state index in [-0.39, 0.29) is 23.5 Å². The number of aliphatic hydroxyl groups excluding tert-OH is 1. The molecule has 1 amide bonds. The Bertz CT molecular complexity index is 525. The van der Waals surface area contributed by atoms with E-state index in [1.807, 2.05) is 0 Å². The highest BCUT2D eigenvalue weighted by molar-refractivity contribution is 5.95. The molecule has 0 aliphatic carbocycles. The zero-order valence-electron chi connectivity index (χ0n) is 9.71. The van der Waals surface area contributed by atoms with Gasteiger partial charge in [-0.1, -0.05) is 0 Å². The van der Waals surface area contributed by atoms with Crippen molar-refractivity contribution in [3.63, 3.8) is 0 Å². The fourth-order valence-electron chi connectivity index (χ4n) is 2.24. The molecular weight excluding hydrogens is 238 g/mol. The SMILES string of the molecule is CC(O)C1(C(N)=O)CC(=O)Oc2ccc(O)cc21. The number of benzene rings is 1. The Morgan fingerprint density at radius 1 is 1.56 bits per heavy atom. The molecule has 4 N–H and O–H groups in total. The number of carbonyl (C=O) groups is 2. The van der Waals surface area contributed by atoms with Gasteiger partial charge >= 0.3 is 5.97 Å². The average Bonchev–Trinajstić information content (AvgIpc) is 2.27. The van der Waals surface area contributed by atoms with Crippen molar-refractivity contribution in [2.45, 2.75) is 24.9 Å². The van der Waals surface area contributed by atoms with Gasteiger partial charge in [-0.05, 0) is 25.1 Å². The average molecular weight is 251 g/mol. The molecule has 0 aromatic heterocycles. The summed E-state index contributed by atoms with van der Waals surface area (Å²) in [4.78, 5) is 23.2. The Morgan fingerprint density at radius 3 is 2.78 bits per heavy atom. The van der Waals surface area contributed by atoms with E-state index in [1.54, 1.807) is 0 Å². The van der Waals surface area contributed by atoms with Crippen molar-refractivity contribution < 1.29 is 24.5 Å². The topological polar surface area (TPSA) is 110 Å². The van der Waals surface area contributed by atoms with Gasteiger partial charge in [0.1, 0.15) is 16.9 Å². The van der Waals surface area contributed by atoms with E-state index in [4.69, 9.17) is 10.5 Å². The molecule has 1 aliphatic heterocycles. The molecular formula is C12H13NO5. The van der Waals surface area contributed by atoms with Gasteiger partial charge in [0.05, 0.1) is 12.5 Å². The van der Waals surface area contributed by atoms with Gasteiger partial charge in [0.25, 0.3) is 0 Å². The number of ether oxygens (including phenoxy) is 1. The van der Waals surface area contributed by atoms with E-state index >= 15 is 0 Å². The number of phenolic OH excluding ortho intramolecular Hbond substituents is 1. The van der Waals surface area contributed by atoms with Gasteiger partial charge in [-0.3, -0.25) is 9.59 Å². The lowest BCUT2D eigenvalue weighted by molar-refractivity contribution is -0.144. The highest BCUT2D eigenvalue weighted by atomic mass is 16.5. The quantitative estimate of drug-likeness (QED) is 0.498. The third kappa shape index (κ3) is 1.62. The van der Waals surface area contributed by atoms with Gasteiger partial charge in [0.2, 0.25) is 5.91 Å². The third-order valence-electron chi connectivity index (χ3n) is 3.24. The molecule has 0 spiro atoms. The van der Waals surface area contributed by atoms with Crippen molar-refractivity contribution in [1.82, 2.24) is 0 Å². The molecule has 0 radical (unpaired) electrons. The number of fused-ring (bicyclic) bond motifs is 1. The highest BCUT2D eigenvalue weighted by Gasteiger charge is 2.50. The van der Waals surface area contributed by atoms with Crippen LogP contribution in [0.4, 0.5) is 0 Å². The zero-order valence-corrected chi connectivity index (χ0v) is 9.71. The van der Waals surface area contributed by atoms with E-state index < -0.39 is 23.4 Å². The van der Waals surface area contributed by atoms with Crippen LogP contribution < -0.4 is 10.5 Å². The Morgan fingerprint density at radius 2 is 2.22 bits per heavy atom. The van der Waals surface area contributed by atoms with E-state index in [1.165, 1.54) is 25.1 Å². The van der Waals surface area contributed by atoms with Gasteiger partial charge < -0.3 is 20.7 Å². The first-order valence-electron chi connectivity index (χ1n) is 5.40. The first-order chi connectivity index (χ1) is 8.37. The number of primary amides is 1. The van der Waals surface area contributed by atoms with Gasteiger partial charge in [0, 0.05) is 5.56 Å². The lowest BCUT2D eigenvalue weighted by Gasteiger charge is -2.37. The molecule has 1 aromatic carbocycles. The van der Waals surface area contributed by atoms with Crippen LogP contribution in [0.15, 0.2) is 18.2 Å². The fourth-order valence-corrected chi connectivity index (χ4v) is 2.24. The lowest BCUT2D eigenvalue weighted by Crippen LogP contribution is -2.53. The Balaban J connectivity index is 2.72. The summed E-state index contributed by atoms with van der Waals surface area (Å²) < 4.78 is 4.97. The number of phenols is 1. The van der Waals surface area contributed by atoms with Crippen molar-refractivity contribution in [3.05, 3.63) is 23.8 Å². The normalized spacial score (nSPS) is 24.0. The van der Waals surface area contributed by atoms with Crippen molar-refractivity contribution in [3.8, 4) is 11.5 Å². The molecule has 0 saturated carbocycles. The summed E-state index contributed by atoms with van der Waals surface area (Å²) in [6.45, 7) is 1.37. The monoisotopic (exact) mass is 251 g/mol. The number of amides is 1. The number of esters is 1. The first-order valence-corrected chi connectivity index (χ1v) is 5.40. The molecule has 1 aliphatic rings. The molecule has 1 aromatic rings. The maximum absolute atomic E-state index is 11.7. The van der Waals surface area contributed by atoms with E-state index in [9.17, 15) is 19.8 Å². The highest BCUT2D eigenvalue weighted by Crippen LogP contribution is 2.43. The number of aliphatic hydroxyl groups is 1. The largest absolute Gasteiger partial charge is 0.508 e. The summed E-state index contributed by atoms with van der Waals surface area (Å²) in [7, 11) is 0. The second kappa shape index (κ2) is 3.99. The molecule has 6 nitrogen and oxygen atoms in total. The van der Waals surface area contributed by atoms with Crippen LogP contribution in [-0.2, 0) is 15.0 Å². The Kier molecular flexibility index (Phi) is 2.74. The number of carbonyl (C=O) groups excluding carboxylic acids is 2. The molecule has 6 heteroatoms. The molecule has 0 saturated heterocycles. The van der Waals surface area contributed by atoms with Crippen LogP contribution in [0.1, 0.15) is 18.9 Å². The Hall–Kier alpha value is -2.08. The van der Waals surface area contributed by atoms with Gasteiger partial charge in [-0.25, -0.2) is 0 Å². The lowest BCUT2D eigenvalue weighted by atomic mass is 9.71. The van der Waals surface area contributed by atoms with Crippen LogP contribution in [-0.4, -0.2) is 28.2 Å². The predicted molar refractivity (Wildman–Crippen MR) is 60.9 cm³/mol. The van der Waals surface area contributed by atoms with Crippen LogP contribution in [0.2, 0.25) is 0 Å². The first kappa shape index (κ1) is 12.4. The van der Waals surface area contributed by atoms with Crippen molar-refractivity contribution in [2.24, 2.45) is 5.73 Å². The standard InChI is InChI=1S/C12H13NO5/c1-6(14)12(11(13)17)5-10(16)18-9-3-2-7(15)4-8(9)12/h2-4,6,14-15H,5H2,1H3,(H2,13,17). The van der Waals surface area contributed by atoms with Crippen LogP contribution in [0.25, 0.3) is 0 Å². The summed E-state index contributed by atoms with van der Waals surface area (Å²) in [5.41, 5.74) is 4.00. The molecule has 18 heavy (non-hydrogen) atoms. The van der Waals surface area contributed by atoms with Crippen molar-refractivity contribution >= 4 is 11.9 Å². The number of rotatable bonds is 2. The minimum Gasteiger partial charge on any atom is -0.508 e. The molecule has 2 atom stereocenters. The molecule has 0 fully saturated rings. The fraction of sp³-hybridized carbons (Fsp3) is 0.333. The van der Waals surface area contributed by atoms with Crippen LogP contribution in [0, 0.1) is 0 Å². The van der Waals surface area contributed by atoms with E-state index in [0.29, 0.717) is 0 Å². The summed E-state index contributed by atoms with van der Waals surface area (Å²) in [6.07, 6.45) is -1.53. The summed E-state index contributed by atoms with van der Waals surface area (Å²) in [6, 6.07) is 3.96. The van der Waals surface area contributed by atoms with Crippen LogP contribution >= 0.6 is 0 Å². The minimum atomic E-state index is -1.57. The number of aromatic hydroxyl groups is 1. The van der Waals surface area contributed by atoms with Crippen molar-refractivity contribution in [1.29, 1.82) is 0 Å². The van der Waals surface area contributed by atoms with E-state index in [0.717, 1.165) is 0 Å². The molecule has 2 rings (SSSR count). The number of hydrogen-bond acceptors (Lipinski definition) is 5. The Labute approximate surface area is 103 Å². The van der Waals surface area contributed by atoms with Crippen LogP contribution in [0.3, 0.4) is 0 Å². The maximum Gasteiger partial charge on any atom is 0.312 e. The second-order valence-corrected chi connectivity index (χ2v) is 4.34. The number of nitrogens with two attached hydrogens (primary N) is 1. The zero-order chi connectivity index (χ0) is 13.5. The van der Waals surface area contributed by atoms with Gasteiger partial charge in [0.15, 0.2) is 0 Å². The third-order valence-corrected chi connectivity index (χ3v) is 3.24. The molecule has 96 valence electrons. The van der Waals surface area contributed by atoms with Gasteiger partial charge in [-0.15, -0.1) is 0 Å². The second-order valence-electron chi connectivity index (χ2n) is 4.34. The summed E-state index contributed by atoms with van der Waals surface area (Å²) in [5.74, 6) is -1.45. The number of hydrogen-bond donors (Lipinski definition) is 3. The molecule has 0 bridgehead atoms. The van der Waals surface area contributed by atoms with Gasteiger partial charge in [-0.2, -0.15) is 0 Å². The smallest absolute Gasteiger partial charge is 0.312 e.